The van der Waals surface area contributed by atoms with Crippen molar-refractivity contribution in [1.82, 2.24) is 0 Å². The Morgan fingerprint density at radius 2 is 1.85 bits per heavy atom. The summed E-state index contributed by atoms with van der Waals surface area (Å²) in [6.07, 6.45) is 0. The van der Waals surface area contributed by atoms with Crippen LogP contribution in [-0.2, 0) is 18.0 Å². The fourth-order valence-corrected chi connectivity index (χ4v) is 1.79. The lowest BCUT2D eigenvalue weighted by Crippen LogP contribution is -2.05. The van der Waals surface area contributed by atoms with Gasteiger partial charge < -0.3 is 19.3 Å². The molecule has 0 saturated carbocycles. The Bertz CT molecular complexity index is 525. The normalized spacial score (nSPS) is 10.3. The van der Waals surface area contributed by atoms with Gasteiger partial charge in [0.15, 0.2) is 6.79 Å². The maximum Gasteiger partial charge on any atom is 0.189 e. The number of hydrogen-bond donors (Lipinski definition) is 1. The molecule has 0 aliphatic heterocycles. The molecule has 1 N–H and O–H groups in total. The van der Waals surface area contributed by atoms with E-state index in [2.05, 4.69) is 0 Å². The number of aliphatic hydroxyl groups is 1. The topological polar surface area (TPSA) is 47.9 Å². The molecule has 0 aliphatic rings. The van der Waals surface area contributed by atoms with Gasteiger partial charge in [-0.15, -0.1) is 0 Å². The Morgan fingerprint density at radius 3 is 2.55 bits per heavy atom. The molecule has 106 valence electrons. The zero-order chi connectivity index (χ0) is 14.2. The Balaban J connectivity index is 1.85. The van der Waals surface area contributed by atoms with Gasteiger partial charge in [0.25, 0.3) is 0 Å². The first kappa shape index (κ1) is 14.4. The lowest BCUT2D eigenvalue weighted by molar-refractivity contribution is 0.00397. The smallest absolute Gasteiger partial charge is 0.189 e. The number of rotatable bonds is 7. The summed E-state index contributed by atoms with van der Waals surface area (Å²) < 4.78 is 16.1. The third kappa shape index (κ3) is 3.98. The number of hydrogen-bond acceptors (Lipinski definition) is 4. The van der Waals surface area contributed by atoms with E-state index < -0.39 is 0 Å². The molecule has 0 aliphatic carbocycles. The van der Waals surface area contributed by atoms with E-state index in [4.69, 9.17) is 14.2 Å². The van der Waals surface area contributed by atoms with Crippen molar-refractivity contribution in [3.63, 3.8) is 0 Å². The summed E-state index contributed by atoms with van der Waals surface area (Å²) in [6, 6.07) is 15.2. The highest BCUT2D eigenvalue weighted by Crippen LogP contribution is 2.24. The van der Waals surface area contributed by atoms with E-state index in [-0.39, 0.29) is 13.4 Å². The molecule has 0 amide bonds. The second-order valence-corrected chi connectivity index (χ2v) is 4.23. The SMILES string of the molecule is COc1ccc(OCOCc2ccccc2)c(CO)c1. The Hall–Kier alpha value is -2.04. The molecule has 0 radical (unpaired) electrons. The van der Waals surface area contributed by atoms with Crippen LogP contribution >= 0.6 is 0 Å². The molecular weight excluding hydrogens is 256 g/mol. The van der Waals surface area contributed by atoms with Crippen LogP contribution in [0.2, 0.25) is 0 Å². The molecule has 0 saturated heterocycles. The second kappa shape index (κ2) is 7.53. The van der Waals surface area contributed by atoms with Crippen LogP contribution in [-0.4, -0.2) is 19.0 Å². The maximum atomic E-state index is 9.30. The van der Waals surface area contributed by atoms with E-state index in [0.717, 1.165) is 5.56 Å². The number of aliphatic hydroxyl groups excluding tert-OH is 1. The largest absolute Gasteiger partial charge is 0.497 e. The van der Waals surface area contributed by atoms with Crippen molar-refractivity contribution in [2.45, 2.75) is 13.2 Å². The van der Waals surface area contributed by atoms with E-state index in [0.29, 0.717) is 23.7 Å². The molecule has 20 heavy (non-hydrogen) atoms. The zero-order valence-corrected chi connectivity index (χ0v) is 11.4. The van der Waals surface area contributed by atoms with Gasteiger partial charge in [0, 0.05) is 5.56 Å². The summed E-state index contributed by atoms with van der Waals surface area (Å²) in [4.78, 5) is 0. The third-order valence-electron chi connectivity index (χ3n) is 2.85. The van der Waals surface area contributed by atoms with Gasteiger partial charge in [0.1, 0.15) is 11.5 Å². The molecule has 0 spiro atoms. The summed E-state index contributed by atoms with van der Waals surface area (Å²) in [7, 11) is 1.58. The monoisotopic (exact) mass is 274 g/mol. The van der Waals surface area contributed by atoms with E-state index in [9.17, 15) is 5.11 Å². The molecule has 4 heteroatoms. The van der Waals surface area contributed by atoms with Crippen LogP contribution < -0.4 is 9.47 Å². The predicted molar refractivity (Wildman–Crippen MR) is 75.6 cm³/mol. The van der Waals surface area contributed by atoms with Crippen LogP contribution in [0.15, 0.2) is 48.5 Å². The maximum absolute atomic E-state index is 9.30. The fraction of sp³-hybridized carbons (Fsp3) is 0.250. The van der Waals surface area contributed by atoms with Crippen molar-refractivity contribution in [3.05, 3.63) is 59.7 Å². The van der Waals surface area contributed by atoms with Crippen LogP contribution in [0.25, 0.3) is 0 Å². The second-order valence-electron chi connectivity index (χ2n) is 4.23. The quantitative estimate of drug-likeness (QED) is 0.623. The van der Waals surface area contributed by atoms with Crippen LogP contribution in [0.3, 0.4) is 0 Å². The summed E-state index contributed by atoms with van der Waals surface area (Å²) in [5.74, 6) is 1.29. The van der Waals surface area contributed by atoms with Crippen LogP contribution in [0, 0.1) is 0 Å². The number of methoxy groups -OCH3 is 1. The third-order valence-corrected chi connectivity index (χ3v) is 2.85. The Labute approximate surface area is 118 Å². The lowest BCUT2D eigenvalue weighted by Gasteiger charge is -2.11. The number of benzene rings is 2. The van der Waals surface area contributed by atoms with Crippen LogP contribution in [0.5, 0.6) is 11.5 Å². The molecule has 0 aromatic heterocycles. The summed E-state index contributed by atoms with van der Waals surface area (Å²) >= 11 is 0. The average molecular weight is 274 g/mol. The van der Waals surface area contributed by atoms with Gasteiger partial charge >= 0.3 is 0 Å². The first-order valence-electron chi connectivity index (χ1n) is 6.35. The fourth-order valence-electron chi connectivity index (χ4n) is 1.79. The van der Waals surface area contributed by atoms with E-state index in [1.54, 1.807) is 25.3 Å². The van der Waals surface area contributed by atoms with E-state index >= 15 is 0 Å². The minimum absolute atomic E-state index is 0.106. The molecule has 0 unspecified atom stereocenters. The molecule has 2 aromatic carbocycles. The van der Waals surface area contributed by atoms with E-state index in [1.165, 1.54) is 0 Å². The summed E-state index contributed by atoms with van der Waals surface area (Å²) in [5, 5.41) is 9.30. The van der Waals surface area contributed by atoms with Crippen molar-refractivity contribution in [2.75, 3.05) is 13.9 Å². The van der Waals surface area contributed by atoms with Crippen molar-refractivity contribution < 1.29 is 19.3 Å². The highest BCUT2D eigenvalue weighted by Gasteiger charge is 2.05. The van der Waals surface area contributed by atoms with Gasteiger partial charge in [-0.1, -0.05) is 30.3 Å². The van der Waals surface area contributed by atoms with Crippen LogP contribution in [0.1, 0.15) is 11.1 Å². The standard InChI is InChI=1S/C16H18O4/c1-18-15-7-8-16(14(9-15)10-17)20-12-19-11-13-5-3-2-4-6-13/h2-9,17H,10-12H2,1H3. The molecular formula is C16H18O4. The lowest BCUT2D eigenvalue weighted by atomic mass is 10.2. The van der Waals surface area contributed by atoms with Crippen molar-refractivity contribution in [1.29, 1.82) is 0 Å². The molecule has 0 fully saturated rings. The summed E-state index contributed by atoms with van der Waals surface area (Å²) in [6.45, 7) is 0.519. The molecule has 2 rings (SSSR count). The van der Waals surface area contributed by atoms with Gasteiger partial charge in [0.05, 0.1) is 20.3 Å². The predicted octanol–water partition coefficient (Wildman–Crippen LogP) is 2.74. The van der Waals surface area contributed by atoms with Crippen molar-refractivity contribution >= 4 is 0 Å². The van der Waals surface area contributed by atoms with Gasteiger partial charge in [-0.3, -0.25) is 0 Å². The van der Waals surface area contributed by atoms with Crippen molar-refractivity contribution in [2.24, 2.45) is 0 Å². The minimum atomic E-state index is -0.106. The van der Waals surface area contributed by atoms with Crippen LogP contribution in [0.4, 0.5) is 0 Å². The Kier molecular flexibility index (Phi) is 5.41. The van der Waals surface area contributed by atoms with Gasteiger partial charge in [-0.05, 0) is 23.8 Å². The van der Waals surface area contributed by atoms with E-state index in [1.807, 2.05) is 30.3 Å². The zero-order valence-electron chi connectivity index (χ0n) is 11.4. The highest BCUT2D eigenvalue weighted by atomic mass is 16.7. The van der Waals surface area contributed by atoms with Gasteiger partial charge in [0.2, 0.25) is 0 Å². The molecule has 2 aromatic rings. The van der Waals surface area contributed by atoms with Crippen molar-refractivity contribution in [3.8, 4) is 11.5 Å². The minimum Gasteiger partial charge on any atom is -0.497 e. The Morgan fingerprint density at radius 1 is 1.05 bits per heavy atom. The molecule has 0 bridgehead atoms. The highest BCUT2D eigenvalue weighted by molar-refractivity contribution is 5.39. The van der Waals surface area contributed by atoms with Gasteiger partial charge in [-0.25, -0.2) is 0 Å². The molecule has 4 nitrogen and oxygen atoms in total. The molecule has 0 atom stereocenters. The first-order chi connectivity index (χ1) is 9.83. The number of ether oxygens (including phenoxy) is 3. The van der Waals surface area contributed by atoms with Gasteiger partial charge in [-0.2, -0.15) is 0 Å². The average Bonchev–Trinajstić information content (AvgIpc) is 2.52. The first-order valence-corrected chi connectivity index (χ1v) is 6.35. The molecule has 0 heterocycles. The summed E-state index contributed by atoms with van der Waals surface area (Å²) in [5.41, 5.74) is 1.76.